The molecule has 1 aliphatic rings. The SMILES string of the molecule is CN(C)CC1CC(O)CN1c1cc(C(N)=NO)ccn1. The van der Waals surface area contributed by atoms with E-state index in [-0.39, 0.29) is 18.0 Å². The molecule has 0 aromatic carbocycles. The smallest absolute Gasteiger partial charge is 0.170 e. The first-order valence-electron chi connectivity index (χ1n) is 6.54. The van der Waals surface area contributed by atoms with Gasteiger partial charge < -0.3 is 25.8 Å². The van der Waals surface area contributed by atoms with Gasteiger partial charge in [-0.05, 0) is 32.6 Å². The summed E-state index contributed by atoms with van der Waals surface area (Å²) in [5, 5.41) is 21.6. The highest BCUT2D eigenvalue weighted by molar-refractivity contribution is 5.97. The van der Waals surface area contributed by atoms with Crippen LogP contribution in [0.4, 0.5) is 5.82 Å². The largest absolute Gasteiger partial charge is 0.409 e. The van der Waals surface area contributed by atoms with Crippen molar-refractivity contribution in [1.29, 1.82) is 0 Å². The van der Waals surface area contributed by atoms with Crippen LogP contribution in [0.25, 0.3) is 0 Å². The van der Waals surface area contributed by atoms with E-state index in [2.05, 4.69) is 19.9 Å². The quantitative estimate of drug-likeness (QED) is 0.302. The first-order chi connectivity index (χ1) is 9.51. The van der Waals surface area contributed by atoms with Gasteiger partial charge in [0.1, 0.15) is 5.82 Å². The fraction of sp³-hybridized carbons (Fsp3) is 0.538. The third-order valence-corrected chi connectivity index (χ3v) is 3.41. The maximum atomic E-state index is 9.89. The van der Waals surface area contributed by atoms with E-state index in [4.69, 9.17) is 10.9 Å². The second-order valence-electron chi connectivity index (χ2n) is 5.35. The van der Waals surface area contributed by atoms with Crippen LogP contribution in [0.5, 0.6) is 0 Å². The fourth-order valence-electron chi connectivity index (χ4n) is 2.56. The Morgan fingerprint density at radius 2 is 2.35 bits per heavy atom. The van der Waals surface area contributed by atoms with E-state index >= 15 is 0 Å². The number of aliphatic hydroxyl groups excluding tert-OH is 1. The van der Waals surface area contributed by atoms with Crippen LogP contribution in [-0.2, 0) is 0 Å². The molecule has 0 spiro atoms. The first-order valence-corrected chi connectivity index (χ1v) is 6.54. The number of nitrogens with zero attached hydrogens (tertiary/aromatic N) is 4. The van der Waals surface area contributed by atoms with Gasteiger partial charge >= 0.3 is 0 Å². The van der Waals surface area contributed by atoms with Crippen LogP contribution in [0.3, 0.4) is 0 Å². The van der Waals surface area contributed by atoms with Gasteiger partial charge in [-0.3, -0.25) is 0 Å². The summed E-state index contributed by atoms with van der Waals surface area (Å²) in [6.45, 7) is 1.39. The van der Waals surface area contributed by atoms with Crippen molar-refractivity contribution in [3.8, 4) is 0 Å². The molecule has 7 heteroatoms. The fourth-order valence-corrected chi connectivity index (χ4v) is 2.56. The number of anilines is 1. The average molecular weight is 279 g/mol. The highest BCUT2D eigenvalue weighted by Crippen LogP contribution is 2.25. The van der Waals surface area contributed by atoms with Gasteiger partial charge in [0.15, 0.2) is 5.84 Å². The lowest BCUT2D eigenvalue weighted by molar-refractivity contribution is 0.191. The van der Waals surface area contributed by atoms with E-state index in [1.165, 1.54) is 0 Å². The Balaban J connectivity index is 2.25. The number of rotatable bonds is 4. The molecule has 0 bridgehead atoms. The first kappa shape index (κ1) is 14.5. The molecule has 0 aliphatic carbocycles. The topological polar surface area (TPSA) is 98.2 Å². The molecule has 0 radical (unpaired) electrons. The Morgan fingerprint density at radius 3 is 3.00 bits per heavy atom. The molecule has 1 fully saturated rings. The second kappa shape index (κ2) is 6.06. The Hall–Kier alpha value is -1.86. The van der Waals surface area contributed by atoms with Crippen molar-refractivity contribution >= 4 is 11.7 Å². The summed E-state index contributed by atoms with van der Waals surface area (Å²) in [6.07, 6.45) is 1.99. The van der Waals surface area contributed by atoms with Gasteiger partial charge in [0, 0.05) is 30.9 Å². The van der Waals surface area contributed by atoms with E-state index in [0.717, 1.165) is 12.4 Å². The van der Waals surface area contributed by atoms with Gasteiger partial charge in [-0.2, -0.15) is 0 Å². The molecule has 2 heterocycles. The summed E-state index contributed by atoms with van der Waals surface area (Å²) < 4.78 is 0. The Bertz CT molecular complexity index is 491. The highest BCUT2D eigenvalue weighted by atomic mass is 16.4. The molecule has 4 N–H and O–H groups in total. The predicted octanol–water partition coefficient (Wildman–Crippen LogP) is -0.323. The number of pyridine rings is 1. The van der Waals surface area contributed by atoms with Crippen molar-refractivity contribution in [1.82, 2.24) is 9.88 Å². The molecule has 1 aliphatic heterocycles. The lowest BCUT2D eigenvalue weighted by atomic mass is 10.2. The molecule has 1 saturated heterocycles. The zero-order valence-electron chi connectivity index (χ0n) is 11.8. The van der Waals surface area contributed by atoms with Crippen LogP contribution in [0, 0.1) is 0 Å². The number of hydrogen-bond donors (Lipinski definition) is 3. The maximum absolute atomic E-state index is 9.89. The van der Waals surface area contributed by atoms with Gasteiger partial charge in [0.05, 0.1) is 6.10 Å². The van der Waals surface area contributed by atoms with Crippen LogP contribution in [0.15, 0.2) is 23.5 Å². The predicted molar refractivity (Wildman–Crippen MR) is 77.1 cm³/mol. The second-order valence-corrected chi connectivity index (χ2v) is 5.35. The van der Waals surface area contributed by atoms with Crippen LogP contribution < -0.4 is 10.6 Å². The van der Waals surface area contributed by atoms with Crippen LogP contribution in [0.2, 0.25) is 0 Å². The normalized spacial score (nSPS) is 23.6. The summed E-state index contributed by atoms with van der Waals surface area (Å²) in [6, 6.07) is 3.66. The van der Waals surface area contributed by atoms with Gasteiger partial charge in [0.2, 0.25) is 0 Å². The molecule has 20 heavy (non-hydrogen) atoms. The number of amidine groups is 1. The lowest BCUT2D eigenvalue weighted by Gasteiger charge is -2.27. The number of aromatic nitrogens is 1. The van der Waals surface area contributed by atoms with Gasteiger partial charge in [-0.25, -0.2) is 4.98 Å². The summed E-state index contributed by atoms with van der Waals surface area (Å²) in [5.74, 6) is 0.787. The summed E-state index contributed by atoms with van der Waals surface area (Å²) in [7, 11) is 4.01. The molecule has 2 rings (SSSR count). The third-order valence-electron chi connectivity index (χ3n) is 3.41. The minimum atomic E-state index is -0.353. The summed E-state index contributed by atoms with van der Waals surface area (Å²) in [4.78, 5) is 8.49. The van der Waals surface area contributed by atoms with E-state index < -0.39 is 0 Å². The van der Waals surface area contributed by atoms with Crippen molar-refractivity contribution in [3.05, 3.63) is 23.9 Å². The van der Waals surface area contributed by atoms with Crippen molar-refractivity contribution in [3.63, 3.8) is 0 Å². The zero-order valence-corrected chi connectivity index (χ0v) is 11.8. The highest BCUT2D eigenvalue weighted by Gasteiger charge is 2.32. The molecule has 2 atom stereocenters. The van der Waals surface area contributed by atoms with E-state index in [9.17, 15) is 5.11 Å². The van der Waals surface area contributed by atoms with Crippen LogP contribution in [0.1, 0.15) is 12.0 Å². The molecule has 0 saturated carbocycles. The molecular weight excluding hydrogens is 258 g/mol. The Kier molecular flexibility index (Phi) is 4.41. The number of oxime groups is 1. The Labute approximate surface area is 118 Å². The van der Waals surface area contributed by atoms with Crippen LogP contribution in [-0.4, -0.2) is 65.4 Å². The van der Waals surface area contributed by atoms with E-state index in [0.29, 0.717) is 18.5 Å². The van der Waals surface area contributed by atoms with E-state index in [1.54, 1.807) is 18.3 Å². The Morgan fingerprint density at radius 1 is 1.60 bits per heavy atom. The number of aliphatic hydroxyl groups is 1. The summed E-state index contributed by atoms with van der Waals surface area (Å²) in [5.41, 5.74) is 6.21. The molecule has 0 amide bonds. The number of β-amino-alcohol motifs (C(OH)–C–C–N with tert-alkyl or cyclic N) is 1. The molecule has 2 unspecified atom stereocenters. The minimum Gasteiger partial charge on any atom is -0.409 e. The molecule has 1 aromatic rings. The molecular formula is C13H21N5O2. The minimum absolute atomic E-state index is 0.0533. The number of nitrogens with two attached hydrogens (primary N) is 1. The average Bonchev–Trinajstić information content (AvgIpc) is 2.78. The molecule has 1 aromatic heterocycles. The van der Waals surface area contributed by atoms with Gasteiger partial charge in [-0.1, -0.05) is 5.16 Å². The van der Waals surface area contributed by atoms with Crippen molar-refractivity contribution in [2.24, 2.45) is 10.9 Å². The van der Waals surface area contributed by atoms with Crippen molar-refractivity contribution in [2.45, 2.75) is 18.6 Å². The molecule has 7 nitrogen and oxygen atoms in total. The third kappa shape index (κ3) is 3.17. The summed E-state index contributed by atoms with van der Waals surface area (Å²) >= 11 is 0. The van der Waals surface area contributed by atoms with Crippen LogP contribution >= 0.6 is 0 Å². The molecule has 110 valence electrons. The van der Waals surface area contributed by atoms with Gasteiger partial charge in [0.25, 0.3) is 0 Å². The lowest BCUT2D eigenvalue weighted by Crippen LogP contribution is -2.38. The monoisotopic (exact) mass is 279 g/mol. The maximum Gasteiger partial charge on any atom is 0.170 e. The van der Waals surface area contributed by atoms with Crippen molar-refractivity contribution < 1.29 is 10.3 Å². The van der Waals surface area contributed by atoms with Crippen molar-refractivity contribution in [2.75, 3.05) is 32.1 Å². The standard InChI is InChI=1S/C13H21N5O2/c1-17(2)7-10-6-11(19)8-18(10)12-5-9(3-4-15-12)13(14)16-20/h3-5,10-11,19-20H,6-8H2,1-2H3,(H2,14,16). The number of likely N-dealkylation sites (N-methyl/N-ethyl adjacent to an activating group) is 1. The van der Waals surface area contributed by atoms with E-state index in [1.807, 2.05) is 14.1 Å². The number of hydrogen-bond acceptors (Lipinski definition) is 6. The zero-order chi connectivity index (χ0) is 14.7. The van der Waals surface area contributed by atoms with Gasteiger partial charge in [-0.15, -0.1) is 0 Å².